The smallest absolute Gasteiger partial charge is 0.269 e. The maximum atomic E-state index is 13.1. The second kappa shape index (κ2) is 7.09. The highest BCUT2D eigenvalue weighted by atomic mass is 16.2. The van der Waals surface area contributed by atoms with Gasteiger partial charge in [-0.3, -0.25) is 19.4 Å². The molecule has 29 heavy (non-hydrogen) atoms. The van der Waals surface area contributed by atoms with Gasteiger partial charge in [-0.2, -0.15) is 5.26 Å². The molecule has 0 aliphatic carbocycles. The number of carbonyl (C=O) groups is 1. The average molecular weight is 383 g/mol. The summed E-state index contributed by atoms with van der Waals surface area (Å²) in [5.74, 6) is -0.332. The minimum absolute atomic E-state index is 0.279. The van der Waals surface area contributed by atoms with Crippen molar-refractivity contribution in [3.63, 3.8) is 0 Å². The van der Waals surface area contributed by atoms with E-state index >= 15 is 0 Å². The molecular formula is C22H17N5O2. The van der Waals surface area contributed by atoms with E-state index in [1.54, 1.807) is 31.2 Å². The fraction of sp³-hybridized carbons (Fsp3) is 0.0909. The number of aryl methyl sites for hydroxylation is 1. The van der Waals surface area contributed by atoms with Crippen LogP contribution < -0.4 is 21.6 Å². The number of nitrogens with one attached hydrogen (secondary N) is 2. The molecule has 4 aromatic rings. The molecule has 0 atom stereocenters. The quantitative estimate of drug-likeness (QED) is 0.525. The molecule has 0 saturated carbocycles. The zero-order chi connectivity index (χ0) is 20.5. The zero-order valence-corrected chi connectivity index (χ0v) is 15.9. The molecule has 7 nitrogen and oxygen atoms in total. The van der Waals surface area contributed by atoms with Gasteiger partial charge < -0.3 is 5.43 Å². The number of nitrogens with zero attached hydrogens (tertiary/aromatic N) is 3. The maximum absolute atomic E-state index is 13.1. The van der Waals surface area contributed by atoms with Crippen molar-refractivity contribution in [1.82, 2.24) is 20.2 Å². The van der Waals surface area contributed by atoms with E-state index in [1.807, 2.05) is 31.2 Å². The van der Waals surface area contributed by atoms with Crippen LogP contribution in [0, 0.1) is 25.2 Å². The number of nitriles is 1. The number of aromatic nitrogens is 2. The highest BCUT2D eigenvalue weighted by Gasteiger charge is 2.16. The summed E-state index contributed by atoms with van der Waals surface area (Å²) in [6.07, 6.45) is 1.40. The van der Waals surface area contributed by atoms with Crippen LogP contribution in [0.1, 0.15) is 27.0 Å². The zero-order valence-electron chi connectivity index (χ0n) is 15.9. The van der Waals surface area contributed by atoms with Gasteiger partial charge in [0.2, 0.25) is 0 Å². The number of para-hydroxylation sites is 2. The molecule has 142 valence electrons. The number of benzene rings is 2. The number of pyridine rings is 1. The third-order valence-electron chi connectivity index (χ3n) is 4.82. The Hall–Kier alpha value is -4.18. The first kappa shape index (κ1) is 18.2. The van der Waals surface area contributed by atoms with Crippen LogP contribution in [0.2, 0.25) is 0 Å². The van der Waals surface area contributed by atoms with Crippen molar-refractivity contribution in [2.24, 2.45) is 0 Å². The highest BCUT2D eigenvalue weighted by molar-refractivity contribution is 5.94. The third-order valence-corrected chi connectivity index (χ3v) is 4.82. The van der Waals surface area contributed by atoms with Gasteiger partial charge in [0.1, 0.15) is 6.07 Å². The number of rotatable bonds is 3. The molecule has 7 heteroatoms. The van der Waals surface area contributed by atoms with Crippen LogP contribution in [0.3, 0.4) is 0 Å². The first-order valence-corrected chi connectivity index (χ1v) is 8.98. The van der Waals surface area contributed by atoms with E-state index in [0.717, 1.165) is 5.56 Å². The van der Waals surface area contributed by atoms with Crippen LogP contribution in [0.5, 0.6) is 0 Å². The van der Waals surface area contributed by atoms with Crippen molar-refractivity contribution >= 4 is 28.8 Å². The van der Waals surface area contributed by atoms with Gasteiger partial charge in [-0.15, -0.1) is 0 Å². The van der Waals surface area contributed by atoms with E-state index in [9.17, 15) is 14.9 Å². The molecule has 0 fully saturated rings. The summed E-state index contributed by atoms with van der Waals surface area (Å²) < 4.78 is 1.43. The Bertz CT molecular complexity index is 1410. The molecule has 1 amide bonds. The lowest BCUT2D eigenvalue weighted by Crippen LogP contribution is -2.40. The normalized spacial score (nSPS) is 11.6. The topological polar surface area (TPSA) is 99.3 Å². The SMILES string of the molecule is Cc1ccc(C(=O)NNC=c2c(C)c(C#N)c3nc4ccccc4n3c2=O)cc1. The minimum atomic E-state index is -0.332. The molecule has 2 aromatic heterocycles. The van der Waals surface area contributed by atoms with Crippen molar-refractivity contribution in [2.45, 2.75) is 13.8 Å². The summed E-state index contributed by atoms with van der Waals surface area (Å²) in [6, 6.07) is 16.5. The summed E-state index contributed by atoms with van der Waals surface area (Å²) in [4.78, 5) is 29.8. The Balaban J connectivity index is 1.78. The number of fused-ring (bicyclic) bond motifs is 3. The van der Waals surface area contributed by atoms with Gasteiger partial charge in [0.05, 0.1) is 21.8 Å². The summed E-state index contributed by atoms with van der Waals surface area (Å²) in [6.45, 7) is 3.63. The molecule has 0 aliphatic rings. The largest absolute Gasteiger partial charge is 0.305 e. The number of hydrogen-bond acceptors (Lipinski definition) is 5. The first-order valence-electron chi connectivity index (χ1n) is 8.98. The van der Waals surface area contributed by atoms with Crippen molar-refractivity contribution in [2.75, 3.05) is 0 Å². The van der Waals surface area contributed by atoms with Crippen LogP contribution in [-0.4, -0.2) is 15.3 Å². The Labute approximate surface area is 165 Å². The number of hydrogen-bond donors (Lipinski definition) is 2. The van der Waals surface area contributed by atoms with E-state index < -0.39 is 0 Å². The lowest BCUT2D eigenvalue weighted by molar-refractivity contribution is 0.0943. The van der Waals surface area contributed by atoms with Crippen LogP contribution in [0.25, 0.3) is 22.9 Å². The molecule has 0 aliphatic heterocycles. The van der Waals surface area contributed by atoms with E-state index in [-0.39, 0.29) is 16.7 Å². The first-order chi connectivity index (χ1) is 14.0. The molecule has 0 saturated heterocycles. The van der Waals surface area contributed by atoms with Crippen LogP contribution >= 0.6 is 0 Å². The van der Waals surface area contributed by atoms with Gasteiger partial charge in [-0.25, -0.2) is 4.98 Å². The Morgan fingerprint density at radius 2 is 1.86 bits per heavy atom. The van der Waals surface area contributed by atoms with Gasteiger partial charge in [0, 0.05) is 11.8 Å². The van der Waals surface area contributed by atoms with Gasteiger partial charge in [0.25, 0.3) is 11.5 Å². The predicted molar refractivity (Wildman–Crippen MR) is 110 cm³/mol. The summed E-state index contributed by atoms with van der Waals surface area (Å²) in [5.41, 5.74) is 8.87. The van der Waals surface area contributed by atoms with E-state index in [2.05, 4.69) is 21.9 Å². The third kappa shape index (κ3) is 3.07. The number of hydrazine groups is 1. The molecular weight excluding hydrogens is 366 g/mol. The molecule has 4 rings (SSSR count). The number of amides is 1. The molecule has 2 aromatic carbocycles. The molecule has 0 spiro atoms. The number of imidazole rings is 1. The summed E-state index contributed by atoms with van der Waals surface area (Å²) >= 11 is 0. The van der Waals surface area contributed by atoms with Crippen molar-refractivity contribution < 1.29 is 4.79 Å². The lowest BCUT2D eigenvalue weighted by atomic mass is 10.1. The van der Waals surface area contributed by atoms with Gasteiger partial charge >= 0.3 is 0 Å². The second-order valence-corrected chi connectivity index (χ2v) is 6.70. The van der Waals surface area contributed by atoms with Crippen LogP contribution in [-0.2, 0) is 0 Å². The Kier molecular flexibility index (Phi) is 4.45. The Morgan fingerprint density at radius 1 is 1.14 bits per heavy atom. The van der Waals surface area contributed by atoms with E-state index in [1.165, 1.54) is 10.6 Å². The minimum Gasteiger partial charge on any atom is -0.305 e. The van der Waals surface area contributed by atoms with Crippen molar-refractivity contribution in [3.05, 3.63) is 86.4 Å². The highest BCUT2D eigenvalue weighted by Crippen LogP contribution is 2.17. The van der Waals surface area contributed by atoms with Gasteiger partial charge in [-0.05, 0) is 43.7 Å². The van der Waals surface area contributed by atoms with E-state index in [4.69, 9.17) is 0 Å². The average Bonchev–Trinajstić information content (AvgIpc) is 3.10. The van der Waals surface area contributed by atoms with Crippen LogP contribution in [0.4, 0.5) is 0 Å². The van der Waals surface area contributed by atoms with Crippen molar-refractivity contribution in [1.29, 1.82) is 5.26 Å². The fourth-order valence-corrected chi connectivity index (χ4v) is 3.24. The fourth-order valence-electron chi connectivity index (χ4n) is 3.24. The standard InChI is InChI=1S/C22H17N5O2/c1-13-7-9-15(10-8-13)21(28)26-24-12-17-14(2)16(11-23)20-25-18-5-3-4-6-19(18)27(20)22(17)29/h3-10,12,24H,1-2H3,(H,26,28). The number of carbonyl (C=O) groups excluding carboxylic acids is 1. The molecule has 2 N–H and O–H groups in total. The van der Waals surface area contributed by atoms with Crippen LogP contribution in [0.15, 0.2) is 53.3 Å². The predicted octanol–water partition coefficient (Wildman–Crippen LogP) is 1.73. The van der Waals surface area contributed by atoms with E-state index in [0.29, 0.717) is 33.4 Å². The molecule has 0 unspecified atom stereocenters. The van der Waals surface area contributed by atoms with Gasteiger partial charge in [-0.1, -0.05) is 29.8 Å². The molecule has 2 heterocycles. The monoisotopic (exact) mass is 383 g/mol. The summed E-state index contributed by atoms with van der Waals surface area (Å²) in [5, 5.41) is 9.91. The second-order valence-electron chi connectivity index (χ2n) is 6.70. The van der Waals surface area contributed by atoms with Crippen molar-refractivity contribution in [3.8, 4) is 6.07 Å². The molecule has 0 radical (unpaired) electrons. The Morgan fingerprint density at radius 3 is 2.59 bits per heavy atom. The molecule has 0 bridgehead atoms. The maximum Gasteiger partial charge on any atom is 0.269 e. The van der Waals surface area contributed by atoms with Gasteiger partial charge in [0.15, 0.2) is 5.65 Å². The summed E-state index contributed by atoms with van der Waals surface area (Å²) in [7, 11) is 0. The lowest BCUT2D eigenvalue weighted by Gasteiger charge is -2.06.